The molecule has 124 valence electrons. The molecule has 2 unspecified atom stereocenters. The Labute approximate surface area is 146 Å². The van der Waals surface area contributed by atoms with Crippen LogP contribution in [0.3, 0.4) is 0 Å². The van der Waals surface area contributed by atoms with Crippen LogP contribution in [0.4, 0.5) is 5.82 Å². The number of benzene rings is 1. The highest BCUT2D eigenvalue weighted by atomic mass is 16.5. The van der Waals surface area contributed by atoms with E-state index in [4.69, 9.17) is 15.3 Å². The zero-order valence-electron chi connectivity index (χ0n) is 13.7. The van der Waals surface area contributed by atoms with Gasteiger partial charge in [-0.05, 0) is 29.8 Å². The first kappa shape index (κ1) is 15.4. The van der Waals surface area contributed by atoms with Gasteiger partial charge in [-0.3, -0.25) is 0 Å². The minimum atomic E-state index is 0.0576. The zero-order valence-corrected chi connectivity index (χ0v) is 13.7. The standard InChI is InChI=1S/C19H17N5O/c20-9-14-2-1-3-15(8-14)16-4-5-19(22-10-16)24-6-7-25-18-12-23(13-21)11-17(18)24/h1-5,8,10,17-18H,6-7,11-12H2. The Balaban J connectivity index is 1.58. The summed E-state index contributed by atoms with van der Waals surface area (Å²) in [6, 6.07) is 13.9. The summed E-state index contributed by atoms with van der Waals surface area (Å²) in [6.45, 7) is 2.75. The van der Waals surface area contributed by atoms with Gasteiger partial charge in [0.1, 0.15) is 5.82 Å². The molecule has 2 aliphatic rings. The number of ether oxygens (including phenoxy) is 1. The zero-order chi connectivity index (χ0) is 17.2. The van der Waals surface area contributed by atoms with Crippen LogP contribution in [0.2, 0.25) is 0 Å². The molecule has 2 atom stereocenters. The van der Waals surface area contributed by atoms with Crippen molar-refractivity contribution in [3.8, 4) is 23.4 Å². The molecule has 6 nitrogen and oxygen atoms in total. The van der Waals surface area contributed by atoms with Gasteiger partial charge in [0.15, 0.2) is 6.19 Å². The number of aromatic nitrogens is 1. The van der Waals surface area contributed by atoms with Crippen molar-refractivity contribution in [2.24, 2.45) is 0 Å². The lowest BCUT2D eigenvalue weighted by molar-refractivity contribution is 0.0323. The van der Waals surface area contributed by atoms with Gasteiger partial charge >= 0.3 is 0 Å². The Morgan fingerprint density at radius 2 is 2.04 bits per heavy atom. The molecule has 2 saturated heterocycles. The normalized spacial score (nSPS) is 22.2. The first-order valence-electron chi connectivity index (χ1n) is 8.28. The molecule has 1 aromatic carbocycles. The number of nitriles is 2. The molecular formula is C19H17N5O. The highest BCUT2D eigenvalue weighted by molar-refractivity contribution is 5.65. The van der Waals surface area contributed by atoms with Gasteiger partial charge in [-0.1, -0.05) is 12.1 Å². The summed E-state index contributed by atoms with van der Waals surface area (Å²) in [7, 11) is 0. The molecule has 2 fully saturated rings. The average Bonchev–Trinajstić information content (AvgIpc) is 3.11. The van der Waals surface area contributed by atoms with Crippen molar-refractivity contribution in [2.75, 3.05) is 31.1 Å². The molecule has 0 aliphatic carbocycles. The maximum Gasteiger partial charge on any atom is 0.179 e. The Hall–Kier alpha value is -3.09. The Morgan fingerprint density at radius 1 is 1.12 bits per heavy atom. The molecule has 25 heavy (non-hydrogen) atoms. The summed E-state index contributed by atoms with van der Waals surface area (Å²) in [5, 5.41) is 18.2. The van der Waals surface area contributed by atoms with Gasteiger partial charge in [0.25, 0.3) is 0 Å². The maximum atomic E-state index is 9.14. The minimum Gasteiger partial charge on any atom is -0.372 e. The third-order valence-electron chi connectivity index (χ3n) is 4.81. The smallest absolute Gasteiger partial charge is 0.179 e. The third kappa shape index (κ3) is 2.88. The Kier molecular flexibility index (Phi) is 3.97. The van der Waals surface area contributed by atoms with E-state index in [9.17, 15) is 0 Å². The molecule has 0 saturated carbocycles. The number of morpholine rings is 1. The van der Waals surface area contributed by atoms with Crippen LogP contribution in [0, 0.1) is 22.8 Å². The Morgan fingerprint density at radius 3 is 2.80 bits per heavy atom. The summed E-state index contributed by atoms with van der Waals surface area (Å²) in [6.07, 6.45) is 4.11. The highest BCUT2D eigenvalue weighted by Crippen LogP contribution is 2.28. The van der Waals surface area contributed by atoms with Crippen LogP contribution < -0.4 is 4.90 Å². The molecule has 2 aliphatic heterocycles. The fraction of sp³-hybridized carbons (Fsp3) is 0.316. The van der Waals surface area contributed by atoms with Crippen LogP contribution >= 0.6 is 0 Å². The summed E-state index contributed by atoms with van der Waals surface area (Å²) in [4.78, 5) is 8.61. The molecule has 0 bridgehead atoms. The van der Waals surface area contributed by atoms with E-state index in [1.54, 1.807) is 11.0 Å². The first-order chi connectivity index (χ1) is 12.3. The number of anilines is 1. The third-order valence-corrected chi connectivity index (χ3v) is 4.81. The lowest BCUT2D eigenvalue weighted by Gasteiger charge is -2.37. The predicted molar refractivity (Wildman–Crippen MR) is 92.4 cm³/mol. The van der Waals surface area contributed by atoms with Crippen molar-refractivity contribution in [2.45, 2.75) is 12.1 Å². The largest absolute Gasteiger partial charge is 0.372 e. The summed E-state index contributed by atoms with van der Waals surface area (Å²) in [5.41, 5.74) is 2.60. The van der Waals surface area contributed by atoms with Crippen molar-refractivity contribution in [3.63, 3.8) is 0 Å². The van der Waals surface area contributed by atoms with Crippen molar-refractivity contribution in [1.29, 1.82) is 10.5 Å². The van der Waals surface area contributed by atoms with Gasteiger partial charge < -0.3 is 14.5 Å². The minimum absolute atomic E-state index is 0.0576. The van der Waals surface area contributed by atoms with Crippen LogP contribution in [-0.4, -0.2) is 48.3 Å². The van der Waals surface area contributed by atoms with Crippen LogP contribution in [0.5, 0.6) is 0 Å². The van der Waals surface area contributed by atoms with Gasteiger partial charge in [0.05, 0.1) is 43.5 Å². The topological polar surface area (TPSA) is 76.2 Å². The number of hydrogen-bond acceptors (Lipinski definition) is 6. The first-order valence-corrected chi connectivity index (χ1v) is 8.28. The molecule has 6 heteroatoms. The number of likely N-dealkylation sites (tertiary alicyclic amines) is 1. The fourth-order valence-corrected chi connectivity index (χ4v) is 3.55. The van der Waals surface area contributed by atoms with E-state index >= 15 is 0 Å². The maximum absolute atomic E-state index is 9.14. The highest BCUT2D eigenvalue weighted by Gasteiger charge is 2.40. The van der Waals surface area contributed by atoms with E-state index in [1.807, 2.05) is 36.5 Å². The molecular weight excluding hydrogens is 314 g/mol. The van der Waals surface area contributed by atoms with Gasteiger partial charge in [0.2, 0.25) is 0 Å². The van der Waals surface area contributed by atoms with Gasteiger partial charge in [0, 0.05) is 18.3 Å². The monoisotopic (exact) mass is 331 g/mol. The molecule has 4 rings (SSSR count). The molecule has 0 amide bonds. The van der Waals surface area contributed by atoms with Gasteiger partial charge in [-0.25, -0.2) is 4.98 Å². The molecule has 3 heterocycles. The van der Waals surface area contributed by atoms with Crippen LogP contribution in [0.25, 0.3) is 11.1 Å². The SMILES string of the molecule is N#Cc1cccc(-c2ccc(N3CCOC4CN(C#N)CC43)nc2)c1. The van der Waals surface area contributed by atoms with E-state index in [0.29, 0.717) is 25.3 Å². The van der Waals surface area contributed by atoms with Gasteiger partial charge in [-0.2, -0.15) is 10.5 Å². The van der Waals surface area contributed by atoms with Crippen molar-refractivity contribution >= 4 is 5.82 Å². The second kappa shape index (κ2) is 6.43. The number of hydrogen-bond donors (Lipinski definition) is 0. The van der Waals surface area contributed by atoms with E-state index in [0.717, 1.165) is 23.5 Å². The number of rotatable bonds is 2. The number of nitrogens with zero attached hydrogens (tertiary/aromatic N) is 5. The summed E-state index contributed by atoms with van der Waals surface area (Å²) >= 11 is 0. The fourth-order valence-electron chi connectivity index (χ4n) is 3.55. The Bertz CT molecular complexity index is 851. The van der Waals surface area contributed by atoms with E-state index in [-0.39, 0.29) is 12.1 Å². The lowest BCUT2D eigenvalue weighted by Crippen LogP contribution is -2.51. The summed E-state index contributed by atoms with van der Waals surface area (Å²) in [5.74, 6) is 0.901. The number of fused-ring (bicyclic) bond motifs is 1. The molecule has 0 spiro atoms. The molecule has 0 radical (unpaired) electrons. The lowest BCUT2D eigenvalue weighted by atomic mass is 10.1. The average molecular weight is 331 g/mol. The van der Waals surface area contributed by atoms with Crippen LogP contribution in [0.1, 0.15) is 5.56 Å². The predicted octanol–water partition coefficient (Wildman–Crippen LogP) is 1.99. The molecule has 1 aromatic heterocycles. The molecule has 2 aromatic rings. The van der Waals surface area contributed by atoms with Crippen LogP contribution in [0.15, 0.2) is 42.6 Å². The number of pyridine rings is 1. The van der Waals surface area contributed by atoms with Gasteiger partial charge in [-0.15, -0.1) is 0 Å². The second-order valence-corrected chi connectivity index (χ2v) is 6.27. The quantitative estimate of drug-likeness (QED) is 0.783. The van der Waals surface area contributed by atoms with Crippen LogP contribution in [-0.2, 0) is 4.74 Å². The summed E-state index contributed by atoms with van der Waals surface area (Å²) < 4.78 is 5.81. The molecule has 0 N–H and O–H groups in total. The van der Waals surface area contributed by atoms with E-state index in [2.05, 4.69) is 22.1 Å². The van der Waals surface area contributed by atoms with E-state index in [1.165, 1.54) is 0 Å². The second-order valence-electron chi connectivity index (χ2n) is 6.27. The van der Waals surface area contributed by atoms with Crippen molar-refractivity contribution in [3.05, 3.63) is 48.2 Å². The van der Waals surface area contributed by atoms with Crippen molar-refractivity contribution < 1.29 is 4.74 Å². The van der Waals surface area contributed by atoms with E-state index < -0.39 is 0 Å². The van der Waals surface area contributed by atoms with Crippen molar-refractivity contribution in [1.82, 2.24) is 9.88 Å².